The maximum atomic E-state index is 5.57. The molecule has 0 saturated heterocycles. The van der Waals surface area contributed by atoms with Crippen LogP contribution in [0.25, 0.3) is 0 Å². The maximum absolute atomic E-state index is 5.57. The smallest absolute Gasteiger partial charge is 0.0919 e. The van der Waals surface area contributed by atoms with Crippen LogP contribution in [-0.2, 0) is 4.74 Å². The number of hydrogen-bond acceptors (Lipinski definition) is 1. The summed E-state index contributed by atoms with van der Waals surface area (Å²) >= 11 is 0. The number of hydrogen-bond donors (Lipinski definition) is 0. The molecule has 0 atom stereocenters. The lowest BCUT2D eigenvalue weighted by molar-refractivity contribution is 0.201. The van der Waals surface area contributed by atoms with E-state index in [1.165, 1.54) is 37.9 Å². The molecule has 0 aromatic rings. The number of ether oxygens (including phenoxy) is 1. The van der Waals surface area contributed by atoms with Crippen molar-refractivity contribution in [2.75, 3.05) is 6.61 Å². The Morgan fingerprint density at radius 2 is 2.27 bits per heavy atom. The molecule has 64 valence electrons. The van der Waals surface area contributed by atoms with E-state index in [-0.39, 0.29) is 0 Å². The van der Waals surface area contributed by atoms with Crippen molar-refractivity contribution < 1.29 is 4.74 Å². The third-order valence-corrected chi connectivity index (χ3v) is 1.99. The van der Waals surface area contributed by atoms with Crippen LogP contribution in [-0.4, -0.2) is 6.61 Å². The van der Waals surface area contributed by atoms with Crippen LogP contribution < -0.4 is 0 Å². The Labute approximate surface area is 69.4 Å². The first-order chi connectivity index (χ1) is 5.43. The van der Waals surface area contributed by atoms with Crippen molar-refractivity contribution in [1.29, 1.82) is 0 Å². The third-order valence-electron chi connectivity index (χ3n) is 1.99. The van der Waals surface area contributed by atoms with Gasteiger partial charge in [0.15, 0.2) is 0 Å². The van der Waals surface area contributed by atoms with Crippen molar-refractivity contribution in [3.63, 3.8) is 0 Å². The Morgan fingerprint density at radius 1 is 1.36 bits per heavy atom. The molecular formula is C10H18O. The minimum absolute atomic E-state index is 0.895. The standard InChI is InChI=1S/C10H18O/c1-2-9-11-10-7-5-3-4-6-8-10/h7H,2-6,8-9H2,1H3. The lowest BCUT2D eigenvalue weighted by Crippen LogP contribution is -1.92. The summed E-state index contributed by atoms with van der Waals surface area (Å²) in [6.07, 6.45) is 9.81. The zero-order chi connectivity index (χ0) is 7.94. The van der Waals surface area contributed by atoms with Gasteiger partial charge in [-0.15, -0.1) is 0 Å². The van der Waals surface area contributed by atoms with Gasteiger partial charge in [-0.1, -0.05) is 13.3 Å². The van der Waals surface area contributed by atoms with Crippen molar-refractivity contribution in [3.8, 4) is 0 Å². The minimum Gasteiger partial charge on any atom is -0.498 e. The summed E-state index contributed by atoms with van der Waals surface area (Å²) < 4.78 is 5.57. The molecule has 1 aliphatic rings. The maximum Gasteiger partial charge on any atom is 0.0919 e. The van der Waals surface area contributed by atoms with Gasteiger partial charge >= 0.3 is 0 Å². The highest BCUT2D eigenvalue weighted by molar-refractivity contribution is 4.94. The molecule has 0 heterocycles. The summed E-state index contributed by atoms with van der Waals surface area (Å²) in [4.78, 5) is 0. The highest BCUT2D eigenvalue weighted by Gasteiger charge is 2.01. The van der Waals surface area contributed by atoms with E-state index < -0.39 is 0 Å². The fraction of sp³-hybridized carbons (Fsp3) is 0.800. The number of allylic oxidation sites excluding steroid dienone is 2. The SMILES string of the molecule is CCCOC1=CCCCCC1. The van der Waals surface area contributed by atoms with Crippen molar-refractivity contribution >= 4 is 0 Å². The summed E-state index contributed by atoms with van der Waals surface area (Å²) in [6.45, 7) is 3.04. The van der Waals surface area contributed by atoms with E-state index in [1.807, 2.05) is 0 Å². The van der Waals surface area contributed by atoms with E-state index in [1.54, 1.807) is 0 Å². The van der Waals surface area contributed by atoms with E-state index in [0.29, 0.717) is 0 Å². The van der Waals surface area contributed by atoms with Gasteiger partial charge in [-0.25, -0.2) is 0 Å². The molecule has 0 saturated carbocycles. The molecular weight excluding hydrogens is 136 g/mol. The Hall–Kier alpha value is -0.460. The highest BCUT2D eigenvalue weighted by atomic mass is 16.5. The molecule has 11 heavy (non-hydrogen) atoms. The largest absolute Gasteiger partial charge is 0.498 e. The lowest BCUT2D eigenvalue weighted by atomic mass is 10.2. The molecule has 0 spiro atoms. The lowest BCUT2D eigenvalue weighted by Gasteiger charge is -2.06. The Bertz CT molecular complexity index is 127. The van der Waals surface area contributed by atoms with E-state index in [2.05, 4.69) is 13.0 Å². The molecule has 0 bridgehead atoms. The van der Waals surface area contributed by atoms with Gasteiger partial charge in [-0.2, -0.15) is 0 Å². The molecule has 0 aromatic carbocycles. The Balaban J connectivity index is 2.23. The van der Waals surface area contributed by atoms with E-state index in [0.717, 1.165) is 13.0 Å². The molecule has 0 radical (unpaired) electrons. The Morgan fingerprint density at radius 3 is 3.09 bits per heavy atom. The van der Waals surface area contributed by atoms with Gasteiger partial charge in [0.2, 0.25) is 0 Å². The van der Waals surface area contributed by atoms with E-state index in [9.17, 15) is 0 Å². The minimum atomic E-state index is 0.895. The van der Waals surface area contributed by atoms with Crippen molar-refractivity contribution in [3.05, 3.63) is 11.8 Å². The van der Waals surface area contributed by atoms with Gasteiger partial charge in [-0.3, -0.25) is 0 Å². The van der Waals surface area contributed by atoms with Crippen LogP contribution in [0.5, 0.6) is 0 Å². The second kappa shape index (κ2) is 5.22. The summed E-state index contributed by atoms with van der Waals surface area (Å²) in [6, 6.07) is 0. The predicted octanol–water partition coefficient (Wildman–Crippen LogP) is 3.26. The number of rotatable bonds is 3. The van der Waals surface area contributed by atoms with Crippen LogP contribution in [0.2, 0.25) is 0 Å². The third kappa shape index (κ3) is 3.45. The molecule has 1 nitrogen and oxygen atoms in total. The zero-order valence-electron chi connectivity index (χ0n) is 7.44. The van der Waals surface area contributed by atoms with Gasteiger partial charge in [0, 0.05) is 6.42 Å². The quantitative estimate of drug-likeness (QED) is 0.606. The van der Waals surface area contributed by atoms with Crippen LogP contribution in [0, 0.1) is 0 Å². The zero-order valence-corrected chi connectivity index (χ0v) is 7.44. The summed E-state index contributed by atoms with van der Waals surface area (Å²) in [5.41, 5.74) is 0. The molecule has 0 aromatic heterocycles. The molecule has 0 fully saturated rings. The average Bonchev–Trinajstić information content (AvgIpc) is 2.28. The van der Waals surface area contributed by atoms with E-state index >= 15 is 0 Å². The molecule has 1 aliphatic carbocycles. The van der Waals surface area contributed by atoms with Crippen LogP contribution in [0.4, 0.5) is 0 Å². The van der Waals surface area contributed by atoms with Gasteiger partial charge in [0.25, 0.3) is 0 Å². The predicted molar refractivity (Wildman–Crippen MR) is 47.4 cm³/mol. The molecule has 0 amide bonds. The van der Waals surface area contributed by atoms with Crippen LogP contribution in [0.1, 0.15) is 45.4 Å². The molecule has 0 unspecified atom stereocenters. The molecule has 0 aliphatic heterocycles. The summed E-state index contributed by atoms with van der Waals surface area (Å²) in [5.74, 6) is 1.24. The van der Waals surface area contributed by atoms with Crippen LogP contribution in [0.15, 0.2) is 11.8 Å². The van der Waals surface area contributed by atoms with Gasteiger partial charge < -0.3 is 4.74 Å². The first-order valence-corrected chi connectivity index (χ1v) is 4.75. The second-order valence-electron chi connectivity index (χ2n) is 3.12. The summed E-state index contributed by atoms with van der Waals surface area (Å²) in [5, 5.41) is 0. The molecule has 1 heteroatoms. The average molecular weight is 154 g/mol. The van der Waals surface area contributed by atoms with Crippen molar-refractivity contribution in [1.82, 2.24) is 0 Å². The van der Waals surface area contributed by atoms with Crippen LogP contribution in [0.3, 0.4) is 0 Å². The topological polar surface area (TPSA) is 9.23 Å². The molecule has 1 rings (SSSR count). The second-order valence-corrected chi connectivity index (χ2v) is 3.12. The highest BCUT2D eigenvalue weighted by Crippen LogP contribution is 2.17. The fourth-order valence-corrected chi connectivity index (χ4v) is 1.35. The Kier molecular flexibility index (Phi) is 4.10. The monoisotopic (exact) mass is 154 g/mol. The van der Waals surface area contributed by atoms with Crippen LogP contribution >= 0.6 is 0 Å². The van der Waals surface area contributed by atoms with Crippen molar-refractivity contribution in [2.24, 2.45) is 0 Å². The van der Waals surface area contributed by atoms with Gasteiger partial charge in [0.1, 0.15) is 0 Å². The van der Waals surface area contributed by atoms with Gasteiger partial charge in [-0.05, 0) is 31.8 Å². The summed E-state index contributed by atoms with van der Waals surface area (Å²) in [7, 11) is 0. The normalized spacial score (nSPS) is 18.8. The fourth-order valence-electron chi connectivity index (χ4n) is 1.35. The first kappa shape index (κ1) is 8.63. The molecule has 0 N–H and O–H groups in total. The van der Waals surface area contributed by atoms with Crippen molar-refractivity contribution in [2.45, 2.75) is 45.4 Å². The van der Waals surface area contributed by atoms with E-state index in [4.69, 9.17) is 4.74 Å². The van der Waals surface area contributed by atoms with Gasteiger partial charge in [0.05, 0.1) is 12.4 Å². The first-order valence-electron chi connectivity index (χ1n) is 4.75.